The Bertz CT molecular complexity index is 755. The molecule has 0 radical (unpaired) electrons. The third-order valence-electron chi connectivity index (χ3n) is 6.26. The van der Waals surface area contributed by atoms with Crippen LogP contribution in [0.2, 0.25) is 0 Å². The summed E-state index contributed by atoms with van der Waals surface area (Å²) in [7, 11) is 1.35. The van der Waals surface area contributed by atoms with Gasteiger partial charge in [-0.25, -0.2) is 4.79 Å². The summed E-state index contributed by atoms with van der Waals surface area (Å²) in [6.45, 7) is 4.61. The van der Waals surface area contributed by atoms with E-state index in [1.807, 2.05) is 18.2 Å². The molecule has 152 valence electrons. The van der Waals surface area contributed by atoms with Crippen molar-refractivity contribution in [3.8, 4) is 0 Å². The number of nitrogens with zero attached hydrogens (tertiary/aromatic N) is 1. The topological polar surface area (TPSA) is 75.7 Å². The summed E-state index contributed by atoms with van der Waals surface area (Å²) < 4.78 is 4.94. The summed E-state index contributed by atoms with van der Waals surface area (Å²) in [5.41, 5.74) is 1.08. The van der Waals surface area contributed by atoms with Gasteiger partial charge in [-0.05, 0) is 36.8 Å². The number of para-hydroxylation sites is 1. The minimum atomic E-state index is -0.934. The first-order chi connectivity index (χ1) is 13.4. The van der Waals surface area contributed by atoms with Gasteiger partial charge < -0.3 is 15.0 Å². The third kappa shape index (κ3) is 3.77. The molecule has 6 nitrogen and oxygen atoms in total. The van der Waals surface area contributed by atoms with E-state index in [2.05, 4.69) is 25.2 Å². The summed E-state index contributed by atoms with van der Waals surface area (Å²) in [6.07, 6.45) is 4.09. The molecule has 1 aliphatic heterocycles. The first-order valence-corrected chi connectivity index (χ1v) is 10.2. The van der Waals surface area contributed by atoms with E-state index in [1.54, 1.807) is 4.90 Å². The monoisotopic (exact) mass is 386 g/mol. The smallest absolute Gasteiger partial charge is 0.331 e. The Hall–Kier alpha value is -2.37. The molecule has 1 N–H and O–H groups in total. The highest BCUT2D eigenvalue weighted by molar-refractivity contribution is 6.01. The van der Waals surface area contributed by atoms with E-state index in [0.717, 1.165) is 30.5 Å². The lowest BCUT2D eigenvalue weighted by molar-refractivity contribution is -0.151. The minimum Gasteiger partial charge on any atom is -0.467 e. The summed E-state index contributed by atoms with van der Waals surface area (Å²) in [5.74, 6) is -0.794. The van der Waals surface area contributed by atoms with Crippen molar-refractivity contribution in [1.82, 2.24) is 5.32 Å². The second-order valence-electron chi connectivity index (χ2n) is 8.04. The van der Waals surface area contributed by atoms with Gasteiger partial charge in [-0.15, -0.1) is 0 Å². The van der Waals surface area contributed by atoms with Crippen LogP contribution in [0, 0.1) is 5.92 Å². The number of esters is 1. The molecular weight excluding hydrogens is 356 g/mol. The zero-order chi connectivity index (χ0) is 20.3. The van der Waals surface area contributed by atoms with Crippen molar-refractivity contribution in [1.29, 1.82) is 0 Å². The molecular formula is C22H30N2O4. The zero-order valence-electron chi connectivity index (χ0n) is 17.0. The van der Waals surface area contributed by atoms with Crippen LogP contribution >= 0.6 is 0 Å². The molecule has 0 aromatic heterocycles. The molecule has 0 spiro atoms. The van der Waals surface area contributed by atoms with Crippen molar-refractivity contribution >= 4 is 23.5 Å². The quantitative estimate of drug-likeness (QED) is 0.762. The molecule has 2 aliphatic rings. The van der Waals surface area contributed by atoms with E-state index < -0.39 is 11.5 Å². The summed E-state index contributed by atoms with van der Waals surface area (Å²) in [4.78, 5) is 39.6. The number of benzene rings is 1. The predicted molar refractivity (Wildman–Crippen MR) is 107 cm³/mol. The molecule has 1 aliphatic carbocycles. The van der Waals surface area contributed by atoms with Crippen molar-refractivity contribution in [2.45, 2.75) is 63.8 Å². The molecule has 6 heteroatoms. The molecule has 28 heavy (non-hydrogen) atoms. The zero-order valence-corrected chi connectivity index (χ0v) is 17.0. The Labute approximate surface area is 166 Å². The highest BCUT2D eigenvalue weighted by atomic mass is 16.5. The molecule has 2 atom stereocenters. The van der Waals surface area contributed by atoms with E-state index in [1.165, 1.54) is 7.11 Å². The lowest BCUT2D eigenvalue weighted by Crippen LogP contribution is -2.54. The molecule has 1 saturated heterocycles. The lowest BCUT2D eigenvalue weighted by atomic mass is 9.95. The van der Waals surface area contributed by atoms with Crippen LogP contribution in [0.5, 0.6) is 0 Å². The van der Waals surface area contributed by atoms with Crippen LogP contribution in [0.25, 0.3) is 0 Å². The van der Waals surface area contributed by atoms with Crippen LogP contribution in [0.1, 0.15) is 63.9 Å². The maximum absolute atomic E-state index is 12.9. The Morgan fingerprint density at radius 2 is 1.96 bits per heavy atom. The fraction of sp³-hybridized carbons (Fsp3) is 0.591. The van der Waals surface area contributed by atoms with Crippen molar-refractivity contribution in [2.75, 3.05) is 18.6 Å². The van der Waals surface area contributed by atoms with Gasteiger partial charge in [0.15, 0.2) is 0 Å². The molecule has 1 aromatic rings. The predicted octanol–water partition coefficient (Wildman–Crippen LogP) is 3.16. The molecule has 1 aromatic carbocycles. The number of methoxy groups -OCH3 is 1. The SMILES string of the molecule is CCC(C)c1ccccc1N1CC(C(=O)NC2(C(=O)OC)CCCC2)CC1=O. The van der Waals surface area contributed by atoms with Gasteiger partial charge in [0.2, 0.25) is 11.8 Å². The van der Waals surface area contributed by atoms with Crippen LogP contribution in [0.4, 0.5) is 5.69 Å². The van der Waals surface area contributed by atoms with Crippen molar-refractivity contribution in [3.63, 3.8) is 0 Å². The lowest BCUT2D eigenvalue weighted by Gasteiger charge is -2.28. The standard InChI is InChI=1S/C22H30N2O4/c1-4-15(2)17-9-5-6-10-18(17)24-14-16(13-19(24)25)20(26)23-22(21(27)28-3)11-7-8-12-22/h5-6,9-10,15-16H,4,7-8,11-14H2,1-3H3,(H,23,26). The second kappa shape index (κ2) is 8.33. The first kappa shape index (κ1) is 20.4. The van der Waals surface area contributed by atoms with Crippen LogP contribution in [0.3, 0.4) is 0 Å². The van der Waals surface area contributed by atoms with Gasteiger partial charge in [-0.3, -0.25) is 9.59 Å². The van der Waals surface area contributed by atoms with Crippen molar-refractivity contribution in [3.05, 3.63) is 29.8 Å². The van der Waals surface area contributed by atoms with E-state index in [0.29, 0.717) is 25.3 Å². The number of carbonyl (C=O) groups excluding carboxylic acids is 3. The third-order valence-corrected chi connectivity index (χ3v) is 6.26. The summed E-state index contributed by atoms with van der Waals surface area (Å²) in [6, 6.07) is 7.91. The number of rotatable bonds is 6. The number of anilines is 1. The number of hydrogen-bond donors (Lipinski definition) is 1. The van der Waals surface area contributed by atoms with Crippen LogP contribution in [-0.4, -0.2) is 37.0 Å². The normalized spacial score (nSPS) is 22.2. The molecule has 2 amide bonds. The Morgan fingerprint density at radius 1 is 1.29 bits per heavy atom. The van der Waals surface area contributed by atoms with E-state index in [4.69, 9.17) is 4.74 Å². The minimum absolute atomic E-state index is 0.0468. The molecule has 2 unspecified atom stereocenters. The van der Waals surface area contributed by atoms with Gasteiger partial charge in [-0.1, -0.05) is 44.9 Å². The Morgan fingerprint density at radius 3 is 2.61 bits per heavy atom. The fourth-order valence-electron chi connectivity index (χ4n) is 4.38. The van der Waals surface area contributed by atoms with Crippen LogP contribution < -0.4 is 10.2 Å². The van der Waals surface area contributed by atoms with Crippen LogP contribution in [-0.2, 0) is 19.1 Å². The number of ether oxygens (including phenoxy) is 1. The highest BCUT2D eigenvalue weighted by Gasteiger charge is 2.46. The Kier molecular flexibility index (Phi) is 6.06. The number of nitrogens with one attached hydrogen (secondary N) is 1. The van der Waals surface area contributed by atoms with E-state index in [9.17, 15) is 14.4 Å². The number of hydrogen-bond acceptors (Lipinski definition) is 4. The average molecular weight is 386 g/mol. The summed E-state index contributed by atoms with van der Waals surface area (Å²) in [5, 5.41) is 2.93. The Balaban J connectivity index is 1.76. The van der Waals surface area contributed by atoms with Crippen molar-refractivity contribution < 1.29 is 19.1 Å². The maximum atomic E-state index is 12.9. The van der Waals surface area contributed by atoms with Gasteiger partial charge >= 0.3 is 5.97 Å². The molecule has 1 saturated carbocycles. The van der Waals surface area contributed by atoms with Crippen molar-refractivity contribution in [2.24, 2.45) is 5.92 Å². The van der Waals surface area contributed by atoms with Gasteiger partial charge in [0.25, 0.3) is 0 Å². The molecule has 1 heterocycles. The van der Waals surface area contributed by atoms with Gasteiger partial charge in [0.05, 0.1) is 13.0 Å². The maximum Gasteiger partial charge on any atom is 0.331 e. The summed E-state index contributed by atoms with van der Waals surface area (Å²) >= 11 is 0. The first-order valence-electron chi connectivity index (χ1n) is 10.2. The number of carbonyl (C=O) groups is 3. The van der Waals surface area contributed by atoms with E-state index >= 15 is 0 Å². The largest absolute Gasteiger partial charge is 0.467 e. The van der Waals surface area contributed by atoms with Gasteiger partial charge in [-0.2, -0.15) is 0 Å². The fourth-order valence-corrected chi connectivity index (χ4v) is 4.38. The van der Waals surface area contributed by atoms with Gasteiger partial charge in [0.1, 0.15) is 5.54 Å². The molecule has 2 fully saturated rings. The van der Waals surface area contributed by atoms with E-state index in [-0.39, 0.29) is 24.2 Å². The molecule has 3 rings (SSSR count). The number of amides is 2. The van der Waals surface area contributed by atoms with Gasteiger partial charge in [0, 0.05) is 18.7 Å². The average Bonchev–Trinajstić information content (AvgIpc) is 3.34. The second-order valence-corrected chi connectivity index (χ2v) is 8.04. The molecule has 0 bridgehead atoms. The highest BCUT2D eigenvalue weighted by Crippen LogP contribution is 2.35. The van der Waals surface area contributed by atoms with Crippen LogP contribution in [0.15, 0.2) is 24.3 Å².